The molecule has 1 unspecified atom stereocenters. The third-order valence-electron chi connectivity index (χ3n) is 4.12. The topological polar surface area (TPSA) is 95.7 Å². The number of benzene rings is 1. The van der Waals surface area contributed by atoms with Gasteiger partial charge in [-0.2, -0.15) is 0 Å². The highest BCUT2D eigenvalue weighted by atomic mass is 16.6. The van der Waals surface area contributed by atoms with E-state index in [2.05, 4.69) is 17.1 Å². The Hall–Kier alpha value is -2.15. The average Bonchev–Trinajstić information content (AvgIpc) is 2.52. The van der Waals surface area contributed by atoms with Crippen molar-refractivity contribution in [2.24, 2.45) is 5.92 Å². The van der Waals surface area contributed by atoms with Gasteiger partial charge in [-0.15, -0.1) is 0 Å². The molecule has 7 nitrogen and oxygen atoms in total. The van der Waals surface area contributed by atoms with Crippen molar-refractivity contribution in [3.63, 3.8) is 0 Å². The monoisotopic (exact) mass is 321 g/mol. The SMILES string of the molecule is CC(O)CNC(=O)c1cc([N+](=O)[O-])ccc1N1CCC(C)CC1. The molecule has 0 aliphatic carbocycles. The summed E-state index contributed by atoms with van der Waals surface area (Å²) in [5.74, 6) is 0.250. The fourth-order valence-corrected chi connectivity index (χ4v) is 2.68. The van der Waals surface area contributed by atoms with Crippen LogP contribution in [0.15, 0.2) is 18.2 Å². The standard InChI is InChI=1S/C16H23N3O4/c1-11-5-7-18(8-6-11)15-4-3-13(19(22)23)9-14(15)16(21)17-10-12(2)20/h3-4,9,11-12,20H,5-8,10H2,1-2H3,(H,17,21). The van der Waals surface area contributed by atoms with Crippen LogP contribution in [0.5, 0.6) is 0 Å². The molecule has 126 valence electrons. The number of anilines is 1. The molecule has 7 heteroatoms. The molecule has 1 amide bonds. The molecule has 0 saturated carbocycles. The smallest absolute Gasteiger partial charge is 0.270 e. The van der Waals surface area contributed by atoms with E-state index in [0.29, 0.717) is 11.6 Å². The van der Waals surface area contributed by atoms with Gasteiger partial charge < -0.3 is 15.3 Å². The van der Waals surface area contributed by atoms with Gasteiger partial charge in [-0.1, -0.05) is 6.92 Å². The molecule has 1 saturated heterocycles. The number of nitro groups is 1. The first kappa shape index (κ1) is 17.2. The second-order valence-corrected chi connectivity index (χ2v) is 6.19. The normalized spacial score (nSPS) is 16.9. The second-order valence-electron chi connectivity index (χ2n) is 6.19. The van der Waals surface area contributed by atoms with Gasteiger partial charge in [0.15, 0.2) is 0 Å². The molecular formula is C16H23N3O4. The molecule has 1 heterocycles. The molecule has 1 fully saturated rings. The highest BCUT2D eigenvalue weighted by molar-refractivity contribution is 6.00. The highest BCUT2D eigenvalue weighted by Crippen LogP contribution is 2.29. The molecule has 0 bridgehead atoms. The van der Waals surface area contributed by atoms with Crippen molar-refractivity contribution < 1.29 is 14.8 Å². The molecule has 2 N–H and O–H groups in total. The maximum Gasteiger partial charge on any atom is 0.270 e. The van der Waals surface area contributed by atoms with Gasteiger partial charge in [-0.05, 0) is 31.7 Å². The van der Waals surface area contributed by atoms with Gasteiger partial charge in [0.05, 0.1) is 22.3 Å². The number of nitrogens with zero attached hydrogens (tertiary/aromatic N) is 2. The number of hydrogen-bond acceptors (Lipinski definition) is 5. The van der Waals surface area contributed by atoms with Crippen molar-refractivity contribution in [1.29, 1.82) is 0 Å². The average molecular weight is 321 g/mol. The minimum atomic E-state index is -0.670. The van der Waals surface area contributed by atoms with Crippen LogP contribution >= 0.6 is 0 Å². The van der Waals surface area contributed by atoms with E-state index in [1.54, 1.807) is 13.0 Å². The summed E-state index contributed by atoms with van der Waals surface area (Å²) in [5.41, 5.74) is 0.890. The summed E-state index contributed by atoms with van der Waals surface area (Å²) in [6.45, 7) is 5.54. The van der Waals surface area contributed by atoms with Crippen LogP contribution in [0, 0.1) is 16.0 Å². The predicted octanol–water partition coefficient (Wildman–Crippen LogP) is 1.94. The molecule has 1 aromatic rings. The van der Waals surface area contributed by atoms with E-state index in [0.717, 1.165) is 25.9 Å². The first-order chi connectivity index (χ1) is 10.9. The number of aliphatic hydroxyl groups excluding tert-OH is 1. The molecule has 0 radical (unpaired) electrons. The molecule has 1 aliphatic rings. The van der Waals surface area contributed by atoms with Gasteiger partial charge >= 0.3 is 0 Å². The van der Waals surface area contributed by atoms with Crippen molar-refractivity contribution in [3.05, 3.63) is 33.9 Å². The summed E-state index contributed by atoms with van der Waals surface area (Å²) in [7, 11) is 0. The molecule has 0 spiro atoms. The van der Waals surface area contributed by atoms with Gasteiger partial charge in [-0.3, -0.25) is 14.9 Å². The third-order valence-corrected chi connectivity index (χ3v) is 4.12. The van der Waals surface area contributed by atoms with E-state index in [4.69, 9.17) is 0 Å². The maximum atomic E-state index is 12.4. The van der Waals surface area contributed by atoms with Crippen LogP contribution in [0.4, 0.5) is 11.4 Å². The lowest BCUT2D eigenvalue weighted by Gasteiger charge is -2.33. The van der Waals surface area contributed by atoms with Crippen molar-refractivity contribution >= 4 is 17.3 Å². The van der Waals surface area contributed by atoms with E-state index >= 15 is 0 Å². The predicted molar refractivity (Wildman–Crippen MR) is 87.7 cm³/mol. The van der Waals surface area contributed by atoms with Gasteiger partial charge in [0.2, 0.25) is 0 Å². The van der Waals surface area contributed by atoms with Crippen molar-refractivity contribution in [3.8, 4) is 0 Å². The molecular weight excluding hydrogens is 298 g/mol. The van der Waals surface area contributed by atoms with Crippen LogP contribution in [-0.4, -0.2) is 41.7 Å². The van der Waals surface area contributed by atoms with Crippen LogP contribution in [-0.2, 0) is 0 Å². The Kier molecular flexibility index (Phi) is 5.54. The van der Waals surface area contributed by atoms with Gasteiger partial charge in [0, 0.05) is 31.8 Å². The maximum absolute atomic E-state index is 12.4. The number of amides is 1. The van der Waals surface area contributed by atoms with Crippen LogP contribution in [0.1, 0.15) is 37.0 Å². The third kappa shape index (κ3) is 4.41. The Morgan fingerprint density at radius 1 is 1.48 bits per heavy atom. The number of aliphatic hydroxyl groups is 1. The number of piperidine rings is 1. The number of hydrogen-bond donors (Lipinski definition) is 2. The number of nitro benzene ring substituents is 1. The first-order valence-electron chi connectivity index (χ1n) is 7.88. The van der Waals surface area contributed by atoms with E-state index in [1.165, 1.54) is 12.1 Å². The lowest BCUT2D eigenvalue weighted by Crippen LogP contribution is -2.36. The van der Waals surface area contributed by atoms with E-state index < -0.39 is 16.9 Å². The van der Waals surface area contributed by atoms with E-state index in [1.807, 2.05) is 0 Å². The Balaban J connectivity index is 2.29. The number of carbonyl (C=O) groups excluding carboxylic acids is 1. The number of rotatable bonds is 5. The second kappa shape index (κ2) is 7.41. The summed E-state index contributed by atoms with van der Waals surface area (Å²) in [4.78, 5) is 25.0. The van der Waals surface area contributed by atoms with E-state index in [-0.39, 0.29) is 17.8 Å². The molecule has 0 aromatic heterocycles. The summed E-state index contributed by atoms with van der Waals surface area (Å²) in [6, 6.07) is 4.38. The first-order valence-corrected chi connectivity index (χ1v) is 7.88. The number of non-ortho nitro benzene ring substituents is 1. The van der Waals surface area contributed by atoms with Crippen LogP contribution in [0.3, 0.4) is 0 Å². The summed E-state index contributed by atoms with van der Waals surface area (Å²) >= 11 is 0. The fourth-order valence-electron chi connectivity index (χ4n) is 2.68. The van der Waals surface area contributed by atoms with Crippen molar-refractivity contribution in [2.45, 2.75) is 32.8 Å². The number of nitrogens with one attached hydrogen (secondary N) is 1. The van der Waals surface area contributed by atoms with Crippen LogP contribution in [0.2, 0.25) is 0 Å². The molecule has 1 atom stereocenters. The lowest BCUT2D eigenvalue weighted by molar-refractivity contribution is -0.384. The van der Waals surface area contributed by atoms with E-state index in [9.17, 15) is 20.0 Å². The Bertz CT molecular complexity index is 581. The number of carbonyl (C=O) groups is 1. The van der Waals surface area contributed by atoms with Crippen LogP contribution in [0.25, 0.3) is 0 Å². The largest absolute Gasteiger partial charge is 0.392 e. The summed E-state index contributed by atoms with van der Waals surface area (Å²) < 4.78 is 0. The van der Waals surface area contributed by atoms with Crippen LogP contribution < -0.4 is 10.2 Å². The van der Waals surface area contributed by atoms with Gasteiger partial charge in [0.25, 0.3) is 11.6 Å². The summed E-state index contributed by atoms with van der Waals surface area (Å²) in [6.07, 6.45) is 1.40. The minimum absolute atomic E-state index is 0.109. The zero-order chi connectivity index (χ0) is 17.0. The minimum Gasteiger partial charge on any atom is -0.392 e. The Morgan fingerprint density at radius 2 is 2.13 bits per heavy atom. The quantitative estimate of drug-likeness (QED) is 0.638. The molecule has 1 aliphatic heterocycles. The molecule has 23 heavy (non-hydrogen) atoms. The van der Waals surface area contributed by atoms with Gasteiger partial charge in [0.1, 0.15) is 0 Å². The summed E-state index contributed by atoms with van der Waals surface area (Å²) in [5, 5.41) is 22.9. The zero-order valence-electron chi connectivity index (χ0n) is 13.5. The highest BCUT2D eigenvalue weighted by Gasteiger charge is 2.23. The van der Waals surface area contributed by atoms with Crippen molar-refractivity contribution in [2.75, 3.05) is 24.5 Å². The Labute approximate surface area is 135 Å². The molecule has 2 rings (SSSR count). The zero-order valence-corrected chi connectivity index (χ0v) is 13.5. The van der Waals surface area contributed by atoms with Crippen molar-refractivity contribution in [1.82, 2.24) is 5.32 Å². The van der Waals surface area contributed by atoms with Gasteiger partial charge in [-0.25, -0.2) is 0 Å². The molecule has 1 aromatic carbocycles. The fraction of sp³-hybridized carbons (Fsp3) is 0.562. The lowest BCUT2D eigenvalue weighted by atomic mass is 9.98. The Morgan fingerprint density at radius 3 is 2.70 bits per heavy atom.